The number of rotatable bonds is 5. The molecule has 2 N–H and O–H groups in total. The molecule has 122 valence electrons. The lowest BCUT2D eigenvalue weighted by Crippen LogP contribution is -2.32. The molecule has 1 aromatic carbocycles. The lowest BCUT2D eigenvalue weighted by atomic mass is 9.99. The van der Waals surface area contributed by atoms with Crippen LogP contribution in [0.4, 0.5) is 13.2 Å². The van der Waals surface area contributed by atoms with Crippen molar-refractivity contribution >= 4 is 17.5 Å². The van der Waals surface area contributed by atoms with Gasteiger partial charge in [-0.3, -0.25) is 4.79 Å². The van der Waals surface area contributed by atoms with Crippen LogP contribution in [0.15, 0.2) is 30.6 Å². The maximum atomic E-state index is 13.2. The van der Waals surface area contributed by atoms with Gasteiger partial charge in [0.25, 0.3) is 5.91 Å². The fraction of sp³-hybridized carbons (Fsp3) is 0.214. The van der Waals surface area contributed by atoms with Crippen LogP contribution in [0, 0.1) is 5.82 Å². The van der Waals surface area contributed by atoms with Gasteiger partial charge in [0.15, 0.2) is 5.75 Å². The van der Waals surface area contributed by atoms with Crippen molar-refractivity contribution in [3.8, 4) is 5.75 Å². The molecular weight excluding hydrogens is 335 g/mol. The average molecular weight is 346 g/mol. The number of nitrogens with zero attached hydrogens (tertiary/aromatic N) is 2. The van der Waals surface area contributed by atoms with Crippen LogP contribution < -0.4 is 5.32 Å². The van der Waals surface area contributed by atoms with Gasteiger partial charge in [0.05, 0.1) is 18.3 Å². The Morgan fingerprint density at radius 2 is 1.96 bits per heavy atom. The number of nitrogens with one attached hydrogen (secondary N) is 1. The van der Waals surface area contributed by atoms with Crippen molar-refractivity contribution < 1.29 is 23.1 Å². The molecule has 0 spiro atoms. The summed E-state index contributed by atoms with van der Waals surface area (Å²) in [6.45, 7) is -0.438. The van der Waals surface area contributed by atoms with Gasteiger partial charge in [-0.1, -0.05) is 17.7 Å². The third-order valence-corrected chi connectivity index (χ3v) is 3.32. The first-order valence-electron chi connectivity index (χ1n) is 6.40. The van der Waals surface area contributed by atoms with Gasteiger partial charge in [0, 0.05) is 11.6 Å². The van der Waals surface area contributed by atoms with Gasteiger partial charge in [-0.25, -0.2) is 23.1 Å². The molecule has 1 heterocycles. The van der Waals surface area contributed by atoms with E-state index in [0.29, 0.717) is 0 Å². The largest absolute Gasteiger partial charge is 0.505 e. The van der Waals surface area contributed by atoms with E-state index in [1.54, 1.807) is 0 Å². The number of benzene rings is 1. The van der Waals surface area contributed by atoms with Gasteiger partial charge in [-0.2, -0.15) is 0 Å². The zero-order valence-electron chi connectivity index (χ0n) is 11.5. The maximum Gasteiger partial charge on any atom is 0.289 e. The molecule has 5 nitrogen and oxygen atoms in total. The number of aromatic nitrogens is 2. The average Bonchev–Trinajstić information content (AvgIpc) is 2.49. The SMILES string of the molecule is O=C(NCC(c1ccc(F)cc1Cl)C(F)F)c1ncc(O)cn1. The zero-order valence-corrected chi connectivity index (χ0v) is 12.3. The Hall–Kier alpha value is -2.35. The Kier molecular flexibility index (Phi) is 5.38. The van der Waals surface area contributed by atoms with E-state index >= 15 is 0 Å². The second-order valence-electron chi connectivity index (χ2n) is 4.58. The van der Waals surface area contributed by atoms with E-state index in [4.69, 9.17) is 16.7 Å². The summed E-state index contributed by atoms with van der Waals surface area (Å²) in [5.74, 6) is -3.35. The molecular formula is C14H11ClF3N3O2. The van der Waals surface area contributed by atoms with Crippen LogP contribution in [-0.2, 0) is 0 Å². The number of aromatic hydroxyl groups is 1. The van der Waals surface area contributed by atoms with E-state index in [-0.39, 0.29) is 22.2 Å². The molecule has 0 aliphatic heterocycles. The first-order chi connectivity index (χ1) is 10.9. The monoisotopic (exact) mass is 345 g/mol. The van der Waals surface area contributed by atoms with Gasteiger partial charge < -0.3 is 10.4 Å². The molecule has 2 aromatic rings. The first kappa shape index (κ1) is 17.0. The van der Waals surface area contributed by atoms with Gasteiger partial charge in [-0.05, 0) is 17.7 Å². The van der Waals surface area contributed by atoms with Gasteiger partial charge in [0.2, 0.25) is 12.2 Å². The van der Waals surface area contributed by atoms with Gasteiger partial charge >= 0.3 is 0 Å². The third kappa shape index (κ3) is 4.32. The first-order valence-corrected chi connectivity index (χ1v) is 6.78. The summed E-state index contributed by atoms with van der Waals surface area (Å²) < 4.78 is 39.4. The molecule has 0 aliphatic rings. The second-order valence-corrected chi connectivity index (χ2v) is 4.99. The highest BCUT2D eigenvalue weighted by Gasteiger charge is 2.26. The fourth-order valence-corrected chi connectivity index (χ4v) is 2.16. The molecule has 1 atom stereocenters. The zero-order chi connectivity index (χ0) is 17.0. The molecule has 0 saturated heterocycles. The fourth-order valence-electron chi connectivity index (χ4n) is 1.86. The summed E-state index contributed by atoms with van der Waals surface area (Å²) in [6, 6.07) is 3.09. The Morgan fingerprint density at radius 3 is 2.52 bits per heavy atom. The summed E-state index contributed by atoms with van der Waals surface area (Å²) in [7, 11) is 0. The number of alkyl halides is 2. The number of halogens is 4. The molecule has 0 radical (unpaired) electrons. The van der Waals surface area contributed by atoms with Gasteiger partial charge in [0.1, 0.15) is 5.82 Å². The Morgan fingerprint density at radius 1 is 1.30 bits per heavy atom. The summed E-state index contributed by atoms with van der Waals surface area (Å²) in [4.78, 5) is 18.9. The van der Waals surface area contributed by atoms with E-state index in [2.05, 4.69) is 15.3 Å². The molecule has 1 amide bonds. The minimum Gasteiger partial charge on any atom is -0.505 e. The minimum atomic E-state index is -2.82. The quantitative estimate of drug-likeness (QED) is 0.873. The summed E-state index contributed by atoms with van der Waals surface area (Å²) in [5.41, 5.74) is 0.0231. The Balaban J connectivity index is 2.11. The van der Waals surface area contributed by atoms with E-state index < -0.39 is 30.6 Å². The maximum absolute atomic E-state index is 13.2. The third-order valence-electron chi connectivity index (χ3n) is 2.99. The van der Waals surface area contributed by atoms with Crippen LogP contribution >= 0.6 is 11.6 Å². The van der Waals surface area contributed by atoms with Crippen molar-refractivity contribution in [2.75, 3.05) is 6.54 Å². The smallest absolute Gasteiger partial charge is 0.289 e. The van der Waals surface area contributed by atoms with Crippen molar-refractivity contribution in [3.63, 3.8) is 0 Å². The molecule has 23 heavy (non-hydrogen) atoms. The summed E-state index contributed by atoms with van der Waals surface area (Å²) >= 11 is 5.78. The molecule has 0 fully saturated rings. The number of amides is 1. The second kappa shape index (κ2) is 7.28. The molecule has 1 unspecified atom stereocenters. The van der Waals surface area contributed by atoms with Crippen molar-refractivity contribution in [2.45, 2.75) is 12.3 Å². The number of carbonyl (C=O) groups excluding carboxylic acids is 1. The topological polar surface area (TPSA) is 75.1 Å². The predicted octanol–water partition coefficient (Wildman–Crippen LogP) is 2.75. The molecule has 0 aliphatic carbocycles. The number of hydrogen-bond acceptors (Lipinski definition) is 4. The molecule has 1 aromatic heterocycles. The van der Waals surface area contributed by atoms with Crippen molar-refractivity contribution in [2.24, 2.45) is 0 Å². The van der Waals surface area contributed by atoms with Crippen LogP contribution in [0.3, 0.4) is 0 Å². The van der Waals surface area contributed by atoms with Crippen molar-refractivity contribution in [1.82, 2.24) is 15.3 Å². The molecule has 9 heteroatoms. The van der Waals surface area contributed by atoms with Crippen LogP contribution in [0.5, 0.6) is 5.75 Å². The number of carbonyl (C=O) groups is 1. The van der Waals surface area contributed by atoms with E-state index in [9.17, 15) is 18.0 Å². The molecule has 0 bridgehead atoms. The van der Waals surface area contributed by atoms with Gasteiger partial charge in [-0.15, -0.1) is 0 Å². The number of hydrogen-bond donors (Lipinski definition) is 2. The van der Waals surface area contributed by atoms with Crippen molar-refractivity contribution in [3.05, 3.63) is 52.8 Å². The van der Waals surface area contributed by atoms with Crippen LogP contribution in [0.2, 0.25) is 5.02 Å². The van der Waals surface area contributed by atoms with Crippen LogP contribution in [-0.4, -0.2) is 34.0 Å². The lowest BCUT2D eigenvalue weighted by molar-refractivity contribution is 0.0893. The minimum absolute atomic E-state index is 0.0231. The lowest BCUT2D eigenvalue weighted by Gasteiger charge is -2.18. The normalized spacial score (nSPS) is 12.2. The highest BCUT2D eigenvalue weighted by Crippen LogP contribution is 2.29. The highest BCUT2D eigenvalue weighted by atomic mass is 35.5. The predicted molar refractivity (Wildman–Crippen MR) is 76.2 cm³/mol. The standard InChI is InChI=1S/C14H11ClF3N3O2/c15-11-3-7(16)1-2-9(11)10(12(17)18)6-21-14(23)13-19-4-8(22)5-20-13/h1-5,10,12,22H,6H2,(H,21,23). The molecule has 0 saturated carbocycles. The molecule has 2 rings (SSSR count). The van der Waals surface area contributed by atoms with Crippen molar-refractivity contribution in [1.29, 1.82) is 0 Å². The highest BCUT2D eigenvalue weighted by molar-refractivity contribution is 6.31. The van der Waals surface area contributed by atoms with E-state index in [1.165, 1.54) is 0 Å². The van der Waals surface area contributed by atoms with E-state index in [1.807, 2.05) is 0 Å². The van der Waals surface area contributed by atoms with E-state index in [0.717, 1.165) is 30.6 Å². The summed E-state index contributed by atoms with van der Waals surface area (Å²) in [5, 5.41) is 11.1. The Bertz CT molecular complexity index is 698. The Labute approximate surface area is 134 Å². The van der Waals surface area contributed by atoms with Crippen LogP contribution in [0.1, 0.15) is 22.1 Å². The van der Waals surface area contributed by atoms with Crippen LogP contribution in [0.25, 0.3) is 0 Å². The summed E-state index contributed by atoms with van der Waals surface area (Å²) in [6.07, 6.45) is -0.814.